The van der Waals surface area contributed by atoms with Crippen molar-refractivity contribution < 1.29 is 4.79 Å². The molecule has 0 bridgehead atoms. The highest BCUT2D eigenvalue weighted by molar-refractivity contribution is 6.10. The van der Waals surface area contributed by atoms with Gasteiger partial charge in [0.25, 0.3) is 0 Å². The molecule has 1 aromatic heterocycles. The molecule has 102 valence electrons. The third kappa shape index (κ3) is 2.13. The molecule has 1 heterocycles. The zero-order valence-corrected chi connectivity index (χ0v) is 11.7. The van der Waals surface area contributed by atoms with Crippen LogP contribution in [0.5, 0.6) is 0 Å². The Kier molecular flexibility index (Phi) is 2.81. The lowest BCUT2D eigenvalue weighted by Gasteiger charge is -2.05. The molecule has 1 aliphatic rings. The van der Waals surface area contributed by atoms with Crippen molar-refractivity contribution in [3.05, 3.63) is 77.0 Å². The second-order valence-corrected chi connectivity index (χ2v) is 5.58. The number of rotatable bonds is 2. The lowest BCUT2D eigenvalue weighted by molar-refractivity contribution is 0.103. The molecule has 0 aliphatic heterocycles. The second kappa shape index (κ2) is 4.81. The molecule has 0 amide bonds. The number of para-hydroxylation sites is 1. The summed E-state index contributed by atoms with van der Waals surface area (Å²) in [4.78, 5) is 17.0. The minimum Gasteiger partial charge on any atom is -0.289 e. The molecular weight excluding hydrogens is 258 g/mol. The highest BCUT2D eigenvalue weighted by Gasteiger charge is 2.15. The number of aryl methyl sites for hydroxylation is 2. The van der Waals surface area contributed by atoms with Gasteiger partial charge in [0.1, 0.15) is 0 Å². The van der Waals surface area contributed by atoms with Crippen molar-refractivity contribution >= 4 is 16.7 Å². The number of benzene rings is 2. The highest BCUT2D eigenvalue weighted by atomic mass is 16.1. The van der Waals surface area contributed by atoms with Gasteiger partial charge in [-0.1, -0.05) is 30.3 Å². The number of hydrogen-bond acceptors (Lipinski definition) is 2. The first-order chi connectivity index (χ1) is 10.3. The van der Waals surface area contributed by atoms with Crippen LogP contribution in [0.4, 0.5) is 0 Å². The smallest absolute Gasteiger partial charge is 0.194 e. The van der Waals surface area contributed by atoms with Crippen LogP contribution in [0.2, 0.25) is 0 Å². The molecule has 0 saturated carbocycles. The monoisotopic (exact) mass is 273 g/mol. The summed E-state index contributed by atoms with van der Waals surface area (Å²) in [6.45, 7) is 0. The normalized spacial score (nSPS) is 13.3. The summed E-state index contributed by atoms with van der Waals surface area (Å²) >= 11 is 0. The Morgan fingerprint density at radius 2 is 1.76 bits per heavy atom. The fourth-order valence-electron chi connectivity index (χ4n) is 3.07. The molecule has 0 atom stereocenters. The van der Waals surface area contributed by atoms with E-state index in [-0.39, 0.29) is 5.78 Å². The SMILES string of the molecule is O=C(c1ccc2c(c1)CCC2)c1cnc2ccccc2c1. The predicted octanol–water partition coefficient (Wildman–Crippen LogP) is 3.95. The van der Waals surface area contributed by atoms with Crippen molar-refractivity contribution in [3.8, 4) is 0 Å². The van der Waals surface area contributed by atoms with Gasteiger partial charge in [-0.15, -0.1) is 0 Å². The Morgan fingerprint density at radius 3 is 2.71 bits per heavy atom. The zero-order valence-electron chi connectivity index (χ0n) is 11.7. The molecule has 0 fully saturated rings. The molecular formula is C19H15NO. The Balaban J connectivity index is 1.75. The van der Waals surface area contributed by atoms with E-state index < -0.39 is 0 Å². The number of aromatic nitrogens is 1. The maximum absolute atomic E-state index is 12.6. The number of hydrogen-bond donors (Lipinski definition) is 0. The molecule has 2 aromatic carbocycles. The maximum Gasteiger partial charge on any atom is 0.194 e. The summed E-state index contributed by atoms with van der Waals surface area (Å²) in [5.74, 6) is 0.0583. The first-order valence-corrected chi connectivity index (χ1v) is 7.32. The van der Waals surface area contributed by atoms with Crippen LogP contribution < -0.4 is 0 Å². The minimum atomic E-state index is 0.0583. The molecule has 3 aromatic rings. The number of carbonyl (C=O) groups excluding carboxylic acids is 1. The van der Waals surface area contributed by atoms with Crippen LogP contribution in [-0.4, -0.2) is 10.8 Å². The van der Waals surface area contributed by atoms with Gasteiger partial charge in [-0.05, 0) is 48.6 Å². The lowest BCUT2D eigenvalue weighted by Crippen LogP contribution is -2.03. The largest absolute Gasteiger partial charge is 0.289 e. The predicted molar refractivity (Wildman–Crippen MR) is 83.6 cm³/mol. The standard InChI is InChI=1S/C19H15NO/c21-19(16-9-8-13-5-3-6-14(13)10-16)17-11-15-4-1-2-7-18(15)20-12-17/h1-2,4,7-12H,3,5-6H2. The van der Waals surface area contributed by atoms with Gasteiger partial charge in [-0.2, -0.15) is 0 Å². The molecule has 4 rings (SSSR count). The van der Waals surface area contributed by atoms with E-state index in [9.17, 15) is 4.79 Å². The van der Waals surface area contributed by atoms with Crippen LogP contribution in [0.15, 0.2) is 54.7 Å². The van der Waals surface area contributed by atoms with E-state index in [0.717, 1.165) is 29.3 Å². The van der Waals surface area contributed by atoms with Crippen LogP contribution >= 0.6 is 0 Å². The van der Waals surface area contributed by atoms with E-state index in [1.54, 1.807) is 6.20 Å². The van der Waals surface area contributed by atoms with Crippen LogP contribution in [0, 0.1) is 0 Å². The van der Waals surface area contributed by atoms with Crippen LogP contribution in [0.25, 0.3) is 10.9 Å². The third-order valence-corrected chi connectivity index (χ3v) is 4.21. The molecule has 21 heavy (non-hydrogen) atoms. The van der Waals surface area contributed by atoms with Gasteiger partial charge < -0.3 is 0 Å². The van der Waals surface area contributed by atoms with Crippen LogP contribution in [0.1, 0.15) is 33.5 Å². The Labute approximate surface area is 123 Å². The van der Waals surface area contributed by atoms with Crippen molar-refractivity contribution in [3.63, 3.8) is 0 Å². The van der Waals surface area contributed by atoms with Crippen LogP contribution in [0.3, 0.4) is 0 Å². The lowest BCUT2D eigenvalue weighted by atomic mass is 9.99. The number of fused-ring (bicyclic) bond motifs is 2. The van der Waals surface area contributed by atoms with E-state index in [2.05, 4.69) is 17.1 Å². The number of nitrogens with zero attached hydrogens (tertiary/aromatic N) is 1. The molecule has 0 saturated heterocycles. The van der Waals surface area contributed by atoms with Gasteiger partial charge in [0, 0.05) is 22.7 Å². The highest BCUT2D eigenvalue weighted by Crippen LogP contribution is 2.24. The quantitative estimate of drug-likeness (QED) is 0.662. The maximum atomic E-state index is 12.6. The fraction of sp³-hybridized carbons (Fsp3) is 0.158. The van der Waals surface area contributed by atoms with E-state index in [4.69, 9.17) is 0 Å². The Hall–Kier alpha value is -2.48. The van der Waals surface area contributed by atoms with Crippen molar-refractivity contribution in [1.82, 2.24) is 4.98 Å². The molecule has 0 spiro atoms. The molecule has 0 N–H and O–H groups in total. The summed E-state index contributed by atoms with van der Waals surface area (Å²) < 4.78 is 0. The van der Waals surface area contributed by atoms with E-state index >= 15 is 0 Å². The first kappa shape index (κ1) is 12.3. The zero-order chi connectivity index (χ0) is 14.2. The minimum absolute atomic E-state index is 0.0583. The Bertz CT molecular complexity index is 851. The van der Waals surface area contributed by atoms with Crippen molar-refractivity contribution in [2.75, 3.05) is 0 Å². The second-order valence-electron chi connectivity index (χ2n) is 5.58. The molecule has 2 nitrogen and oxygen atoms in total. The van der Waals surface area contributed by atoms with Gasteiger partial charge in [-0.3, -0.25) is 9.78 Å². The topological polar surface area (TPSA) is 30.0 Å². The van der Waals surface area contributed by atoms with E-state index in [1.807, 2.05) is 36.4 Å². The molecule has 0 unspecified atom stereocenters. The molecule has 0 radical (unpaired) electrons. The van der Waals surface area contributed by atoms with Crippen molar-refractivity contribution in [2.45, 2.75) is 19.3 Å². The summed E-state index contributed by atoms with van der Waals surface area (Å²) in [6.07, 6.45) is 5.11. The summed E-state index contributed by atoms with van der Waals surface area (Å²) in [6, 6.07) is 15.9. The van der Waals surface area contributed by atoms with Crippen molar-refractivity contribution in [1.29, 1.82) is 0 Å². The van der Waals surface area contributed by atoms with Gasteiger partial charge in [0.05, 0.1) is 5.52 Å². The summed E-state index contributed by atoms with van der Waals surface area (Å²) in [7, 11) is 0. The summed E-state index contributed by atoms with van der Waals surface area (Å²) in [5, 5.41) is 1.00. The molecule has 1 aliphatic carbocycles. The number of pyridine rings is 1. The van der Waals surface area contributed by atoms with Crippen molar-refractivity contribution in [2.24, 2.45) is 0 Å². The summed E-state index contributed by atoms with van der Waals surface area (Å²) in [5.41, 5.74) is 5.07. The van der Waals surface area contributed by atoms with E-state index in [1.165, 1.54) is 17.5 Å². The average Bonchev–Trinajstić information content (AvgIpc) is 3.01. The van der Waals surface area contributed by atoms with Gasteiger partial charge in [0.15, 0.2) is 5.78 Å². The molecule has 2 heteroatoms. The van der Waals surface area contributed by atoms with Gasteiger partial charge in [-0.25, -0.2) is 0 Å². The fourth-order valence-corrected chi connectivity index (χ4v) is 3.07. The van der Waals surface area contributed by atoms with Gasteiger partial charge >= 0.3 is 0 Å². The van der Waals surface area contributed by atoms with E-state index in [0.29, 0.717) is 5.56 Å². The number of carbonyl (C=O) groups is 1. The third-order valence-electron chi connectivity index (χ3n) is 4.21. The first-order valence-electron chi connectivity index (χ1n) is 7.32. The Morgan fingerprint density at radius 1 is 0.905 bits per heavy atom. The van der Waals surface area contributed by atoms with Crippen LogP contribution in [-0.2, 0) is 12.8 Å². The average molecular weight is 273 g/mol. The van der Waals surface area contributed by atoms with Gasteiger partial charge in [0.2, 0.25) is 0 Å². The number of ketones is 1.